The second-order valence-corrected chi connectivity index (χ2v) is 7.07. The van der Waals surface area contributed by atoms with Crippen LogP contribution in [0.3, 0.4) is 0 Å². The number of terminal acetylenes is 1. The average molecular weight is 289 g/mol. The van der Waals surface area contributed by atoms with Crippen molar-refractivity contribution < 1.29 is 4.79 Å². The number of nitrogens with zero attached hydrogens (tertiary/aromatic N) is 1. The summed E-state index contributed by atoms with van der Waals surface area (Å²) in [5.74, 6) is 3.00. The Morgan fingerprint density at radius 2 is 2.14 bits per heavy atom. The van der Waals surface area contributed by atoms with Gasteiger partial charge in [-0.2, -0.15) is 0 Å². The molecule has 1 unspecified atom stereocenters. The lowest BCUT2D eigenvalue weighted by Crippen LogP contribution is -2.45. The normalized spacial score (nSPS) is 16.2. The molecule has 0 radical (unpaired) electrons. The number of carbonyl (C=O) groups excluding carboxylic acids is 1. The van der Waals surface area contributed by atoms with Crippen LogP contribution in [0.25, 0.3) is 0 Å². The summed E-state index contributed by atoms with van der Waals surface area (Å²) in [5, 5.41) is 0. The molecule has 0 aromatic carbocycles. The van der Waals surface area contributed by atoms with E-state index in [9.17, 15) is 4.79 Å². The van der Waals surface area contributed by atoms with Crippen LogP contribution in [-0.4, -0.2) is 16.8 Å². The summed E-state index contributed by atoms with van der Waals surface area (Å²) >= 11 is 0. The molecule has 118 valence electrons. The van der Waals surface area contributed by atoms with E-state index in [0.717, 1.165) is 32.1 Å². The molecule has 0 bridgehead atoms. The molecule has 0 N–H and O–H groups in total. The van der Waals surface area contributed by atoms with Gasteiger partial charge in [0.2, 0.25) is 5.91 Å². The van der Waals surface area contributed by atoms with Gasteiger partial charge in [0.25, 0.3) is 0 Å². The first kappa shape index (κ1) is 17.8. The van der Waals surface area contributed by atoms with Crippen molar-refractivity contribution in [2.24, 2.45) is 5.41 Å². The standard InChI is InChI=1S/C19H31NO/c1-6-8-9-13-16(12-7-2)20(17-14-10-11-15-17)18(21)19(3,4)5/h2,14,16H,6,8-13,15H2,1,3-5H3. The topological polar surface area (TPSA) is 20.3 Å². The monoisotopic (exact) mass is 289 g/mol. The van der Waals surface area contributed by atoms with Gasteiger partial charge >= 0.3 is 0 Å². The molecule has 21 heavy (non-hydrogen) atoms. The Hall–Kier alpha value is -1.23. The average Bonchev–Trinajstić information content (AvgIpc) is 2.92. The fourth-order valence-corrected chi connectivity index (χ4v) is 2.85. The first-order valence-electron chi connectivity index (χ1n) is 8.38. The van der Waals surface area contributed by atoms with E-state index in [4.69, 9.17) is 6.42 Å². The highest BCUT2D eigenvalue weighted by atomic mass is 16.2. The van der Waals surface area contributed by atoms with Crippen molar-refractivity contribution in [3.05, 3.63) is 11.8 Å². The van der Waals surface area contributed by atoms with Crippen LogP contribution < -0.4 is 0 Å². The zero-order valence-electron chi connectivity index (χ0n) is 14.2. The molecule has 0 aliphatic heterocycles. The van der Waals surface area contributed by atoms with E-state index in [1.54, 1.807) is 0 Å². The molecule has 0 heterocycles. The summed E-state index contributed by atoms with van der Waals surface area (Å²) in [6.07, 6.45) is 16.3. The Bertz CT molecular complexity index is 408. The minimum Gasteiger partial charge on any atom is -0.312 e. The second-order valence-electron chi connectivity index (χ2n) is 7.07. The third-order valence-corrected chi connectivity index (χ3v) is 4.05. The molecule has 0 aromatic rings. The SMILES string of the molecule is C#CCC(CCCCC)N(C(=O)C(C)(C)C)C1=CCCC1. The summed E-state index contributed by atoms with van der Waals surface area (Å²) in [7, 11) is 0. The molecular formula is C19H31NO. The van der Waals surface area contributed by atoms with E-state index >= 15 is 0 Å². The lowest BCUT2D eigenvalue weighted by atomic mass is 9.92. The molecule has 1 amide bonds. The van der Waals surface area contributed by atoms with Gasteiger partial charge in [0.15, 0.2) is 0 Å². The van der Waals surface area contributed by atoms with Gasteiger partial charge in [-0.3, -0.25) is 4.79 Å². The maximum atomic E-state index is 12.9. The van der Waals surface area contributed by atoms with Crippen molar-refractivity contribution in [3.63, 3.8) is 0 Å². The Morgan fingerprint density at radius 1 is 1.43 bits per heavy atom. The van der Waals surface area contributed by atoms with Crippen LogP contribution in [0, 0.1) is 17.8 Å². The minimum atomic E-state index is -0.360. The van der Waals surface area contributed by atoms with E-state index in [-0.39, 0.29) is 17.4 Å². The lowest BCUT2D eigenvalue weighted by molar-refractivity contribution is -0.139. The molecule has 1 aliphatic carbocycles. The van der Waals surface area contributed by atoms with Gasteiger partial charge in [0.05, 0.1) is 0 Å². The van der Waals surface area contributed by atoms with E-state index < -0.39 is 0 Å². The predicted octanol–water partition coefficient (Wildman–Crippen LogP) is 4.90. The summed E-state index contributed by atoms with van der Waals surface area (Å²) in [4.78, 5) is 15.0. The van der Waals surface area contributed by atoms with Crippen molar-refractivity contribution >= 4 is 5.91 Å². The summed E-state index contributed by atoms with van der Waals surface area (Å²) in [6, 6.07) is 0.164. The third-order valence-electron chi connectivity index (χ3n) is 4.05. The molecular weight excluding hydrogens is 258 g/mol. The molecule has 1 rings (SSSR count). The number of amides is 1. The van der Waals surface area contributed by atoms with Crippen LogP contribution in [0.15, 0.2) is 11.8 Å². The third kappa shape index (κ3) is 5.23. The Morgan fingerprint density at radius 3 is 2.62 bits per heavy atom. The summed E-state index contributed by atoms with van der Waals surface area (Å²) in [6.45, 7) is 8.19. The summed E-state index contributed by atoms with van der Waals surface area (Å²) < 4.78 is 0. The molecule has 0 saturated carbocycles. The van der Waals surface area contributed by atoms with Crippen LogP contribution in [-0.2, 0) is 4.79 Å². The Balaban J connectivity index is 2.95. The van der Waals surface area contributed by atoms with Crippen molar-refractivity contribution in [1.82, 2.24) is 4.90 Å². The second kappa shape index (κ2) is 8.27. The van der Waals surface area contributed by atoms with Crippen LogP contribution in [0.1, 0.15) is 79.1 Å². The number of carbonyl (C=O) groups is 1. The molecule has 2 nitrogen and oxygen atoms in total. The fourth-order valence-electron chi connectivity index (χ4n) is 2.85. The fraction of sp³-hybridized carbons (Fsp3) is 0.737. The molecule has 0 saturated heterocycles. The number of allylic oxidation sites excluding steroid dienone is 2. The number of hydrogen-bond acceptors (Lipinski definition) is 1. The van der Waals surface area contributed by atoms with Crippen molar-refractivity contribution in [3.8, 4) is 12.3 Å². The van der Waals surface area contributed by atoms with E-state index in [1.807, 2.05) is 25.7 Å². The highest BCUT2D eigenvalue weighted by Gasteiger charge is 2.34. The lowest BCUT2D eigenvalue weighted by Gasteiger charge is -2.36. The van der Waals surface area contributed by atoms with E-state index in [1.165, 1.54) is 18.5 Å². The van der Waals surface area contributed by atoms with Crippen molar-refractivity contribution in [1.29, 1.82) is 0 Å². The van der Waals surface area contributed by atoms with Gasteiger partial charge in [0.1, 0.15) is 0 Å². The molecule has 1 aliphatic rings. The van der Waals surface area contributed by atoms with Crippen LogP contribution in [0.2, 0.25) is 0 Å². The van der Waals surface area contributed by atoms with Crippen molar-refractivity contribution in [2.45, 2.75) is 85.1 Å². The smallest absolute Gasteiger partial charge is 0.232 e. The van der Waals surface area contributed by atoms with Crippen molar-refractivity contribution in [2.75, 3.05) is 0 Å². The van der Waals surface area contributed by atoms with E-state index in [2.05, 4.69) is 18.9 Å². The van der Waals surface area contributed by atoms with Gasteiger partial charge < -0.3 is 4.90 Å². The maximum absolute atomic E-state index is 12.9. The van der Waals surface area contributed by atoms with Crippen LogP contribution in [0.5, 0.6) is 0 Å². The van der Waals surface area contributed by atoms with Crippen LogP contribution in [0.4, 0.5) is 0 Å². The molecule has 1 atom stereocenters. The largest absolute Gasteiger partial charge is 0.312 e. The zero-order chi connectivity index (χ0) is 15.9. The van der Waals surface area contributed by atoms with Gasteiger partial charge in [-0.05, 0) is 25.7 Å². The quantitative estimate of drug-likeness (QED) is 0.482. The van der Waals surface area contributed by atoms with Gasteiger partial charge in [-0.25, -0.2) is 0 Å². The summed E-state index contributed by atoms with van der Waals surface area (Å²) in [5.41, 5.74) is 0.841. The molecule has 2 heteroatoms. The van der Waals surface area contributed by atoms with Gasteiger partial charge in [0, 0.05) is 23.6 Å². The molecule has 0 aromatic heterocycles. The van der Waals surface area contributed by atoms with Gasteiger partial charge in [-0.15, -0.1) is 12.3 Å². The zero-order valence-corrected chi connectivity index (χ0v) is 14.2. The first-order valence-corrected chi connectivity index (χ1v) is 8.38. The first-order chi connectivity index (χ1) is 9.91. The van der Waals surface area contributed by atoms with Crippen LogP contribution >= 0.6 is 0 Å². The molecule has 0 spiro atoms. The van der Waals surface area contributed by atoms with Gasteiger partial charge in [-0.1, -0.05) is 53.0 Å². The highest BCUT2D eigenvalue weighted by molar-refractivity contribution is 5.83. The number of unbranched alkanes of at least 4 members (excludes halogenated alkanes) is 2. The van der Waals surface area contributed by atoms with E-state index in [0.29, 0.717) is 6.42 Å². The maximum Gasteiger partial charge on any atom is 0.232 e. The number of rotatable bonds is 7. The predicted molar refractivity (Wildman–Crippen MR) is 89.6 cm³/mol. The minimum absolute atomic E-state index is 0.164. The highest BCUT2D eigenvalue weighted by Crippen LogP contribution is 2.31. The molecule has 0 fully saturated rings. The number of hydrogen-bond donors (Lipinski definition) is 0. The Kier molecular flexibility index (Phi) is 7.02. The Labute approximate surface area is 131 Å².